The molecule has 1 aliphatic heterocycles. The summed E-state index contributed by atoms with van der Waals surface area (Å²) in [4.78, 5) is 16.4. The molecule has 2 aliphatic rings. The van der Waals surface area contributed by atoms with Gasteiger partial charge in [-0.25, -0.2) is 0 Å². The zero-order valence-electron chi connectivity index (χ0n) is 11.8. The standard InChI is InChI=1S/C14H25N3O/c1-11-8-17(9-12(2)15-11)10-14(18)16(3)13-6-4-5-7-13/h6,11-12,15H,4-5,7-10H2,1-3H3. The van der Waals surface area contributed by atoms with Gasteiger partial charge >= 0.3 is 0 Å². The fraction of sp³-hybridized carbons (Fsp3) is 0.786. The Labute approximate surface area is 110 Å². The molecule has 0 aromatic rings. The lowest BCUT2D eigenvalue weighted by Crippen LogP contribution is -2.56. The first-order valence-electron chi connectivity index (χ1n) is 7.00. The van der Waals surface area contributed by atoms with Gasteiger partial charge in [-0.3, -0.25) is 9.69 Å². The Kier molecular flexibility index (Phi) is 4.40. The van der Waals surface area contributed by atoms with E-state index in [2.05, 4.69) is 30.1 Å². The minimum atomic E-state index is 0.226. The Morgan fingerprint density at radius 3 is 2.67 bits per heavy atom. The van der Waals surface area contributed by atoms with Gasteiger partial charge in [-0.15, -0.1) is 0 Å². The number of carbonyl (C=O) groups is 1. The van der Waals surface area contributed by atoms with E-state index in [1.807, 2.05) is 11.9 Å². The van der Waals surface area contributed by atoms with Crippen LogP contribution in [-0.4, -0.2) is 54.5 Å². The summed E-state index contributed by atoms with van der Waals surface area (Å²) in [5, 5.41) is 3.49. The van der Waals surface area contributed by atoms with E-state index >= 15 is 0 Å². The van der Waals surface area contributed by atoms with Crippen LogP contribution in [-0.2, 0) is 4.79 Å². The summed E-state index contributed by atoms with van der Waals surface area (Å²) in [6.07, 6.45) is 5.56. The SMILES string of the molecule is CC1CN(CC(=O)N(C)C2=CCCC2)CC(C)N1. The molecule has 1 heterocycles. The molecule has 4 nitrogen and oxygen atoms in total. The third-order valence-corrected chi connectivity index (χ3v) is 3.81. The average Bonchev–Trinajstić information content (AvgIpc) is 2.79. The van der Waals surface area contributed by atoms with Gasteiger partial charge in [0.15, 0.2) is 0 Å². The third kappa shape index (κ3) is 3.33. The predicted octanol–water partition coefficient (Wildman–Crippen LogP) is 1.19. The van der Waals surface area contributed by atoms with Gasteiger partial charge in [0.25, 0.3) is 0 Å². The van der Waals surface area contributed by atoms with Crippen molar-refractivity contribution in [1.82, 2.24) is 15.1 Å². The molecule has 2 atom stereocenters. The van der Waals surface area contributed by atoms with E-state index in [1.165, 1.54) is 12.1 Å². The molecule has 2 unspecified atom stereocenters. The highest BCUT2D eigenvalue weighted by molar-refractivity contribution is 5.79. The molecule has 18 heavy (non-hydrogen) atoms. The Balaban J connectivity index is 1.86. The summed E-state index contributed by atoms with van der Waals surface area (Å²) in [6.45, 7) is 6.82. The van der Waals surface area contributed by atoms with Gasteiger partial charge in [0.05, 0.1) is 6.54 Å². The number of piperazine rings is 1. The van der Waals surface area contributed by atoms with Gasteiger partial charge in [-0.1, -0.05) is 6.08 Å². The minimum absolute atomic E-state index is 0.226. The largest absolute Gasteiger partial charge is 0.318 e. The van der Waals surface area contributed by atoms with Crippen molar-refractivity contribution in [3.8, 4) is 0 Å². The van der Waals surface area contributed by atoms with Gasteiger partial charge < -0.3 is 10.2 Å². The van der Waals surface area contributed by atoms with Gasteiger partial charge in [0.1, 0.15) is 0 Å². The van der Waals surface area contributed by atoms with Crippen LogP contribution in [0.1, 0.15) is 33.1 Å². The number of hydrogen-bond donors (Lipinski definition) is 1. The second-order valence-electron chi connectivity index (χ2n) is 5.70. The summed E-state index contributed by atoms with van der Waals surface area (Å²) in [5.41, 5.74) is 1.20. The molecule has 0 saturated carbocycles. The van der Waals surface area contributed by atoms with Crippen molar-refractivity contribution in [3.63, 3.8) is 0 Å². The van der Waals surface area contributed by atoms with Crippen LogP contribution in [0.2, 0.25) is 0 Å². The van der Waals surface area contributed by atoms with Crippen LogP contribution in [0.25, 0.3) is 0 Å². The average molecular weight is 251 g/mol. The zero-order valence-corrected chi connectivity index (χ0v) is 11.8. The number of amides is 1. The molecule has 2 rings (SSSR count). The summed E-state index contributed by atoms with van der Waals surface area (Å²) >= 11 is 0. The molecule has 1 aliphatic carbocycles. The molecule has 1 N–H and O–H groups in total. The minimum Gasteiger partial charge on any atom is -0.318 e. The number of hydrogen-bond acceptors (Lipinski definition) is 3. The van der Waals surface area contributed by atoms with E-state index < -0.39 is 0 Å². The van der Waals surface area contributed by atoms with Crippen LogP contribution in [0, 0.1) is 0 Å². The lowest BCUT2D eigenvalue weighted by atomic mass is 10.1. The van der Waals surface area contributed by atoms with Gasteiger partial charge in [-0.05, 0) is 33.1 Å². The van der Waals surface area contributed by atoms with E-state index in [1.54, 1.807) is 0 Å². The van der Waals surface area contributed by atoms with Crippen molar-refractivity contribution in [2.45, 2.75) is 45.2 Å². The van der Waals surface area contributed by atoms with Gasteiger partial charge in [0.2, 0.25) is 5.91 Å². The number of nitrogens with one attached hydrogen (secondary N) is 1. The van der Waals surface area contributed by atoms with Crippen molar-refractivity contribution in [2.75, 3.05) is 26.7 Å². The van der Waals surface area contributed by atoms with Crippen LogP contribution in [0.15, 0.2) is 11.8 Å². The number of rotatable bonds is 3. The molecule has 1 fully saturated rings. The highest BCUT2D eigenvalue weighted by Crippen LogP contribution is 2.20. The Hall–Kier alpha value is -0.870. The monoisotopic (exact) mass is 251 g/mol. The first-order valence-corrected chi connectivity index (χ1v) is 7.00. The van der Waals surface area contributed by atoms with Crippen molar-refractivity contribution in [3.05, 3.63) is 11.8 Å². The van der Waals surface area contributed by atoms with E-state index in [4.69, 9.17) is 0 Å². The maximum Gasteiger partial charge on any atom is 0.240 e. The maximum atomic E-state index is 12.2. The second-order valence-corrected chi connectivity index (χ2v) is 5.70. The van der Waals surface area contributed by atoms with E-state index in [9.17, 15) is 4.79 Å². The smallest absolute Gasteiger partial charge is 0.240 e. The molecule has 0 bridgehead atoms. The molecular formula is C14H25N3O. The van der Waals surface area contributed by atoms with E-state index in [0.29, 0.717) is 18.6 Å². The fourth-order valence-corrected chi connectivity index (χ4v) is 2.99. The number of nitrogens with zero attached hydrogens (tertiary/aromatic N) is 2. The summed E-state index contributed by atoms with van der Waals surface area (Å²) in [7, 11) is 1.91. The van der Waals surface area contributed by atoms with Crippen molar-refractivity contribution >= 4 is 5.91 Å². The van der Waals surface area contributed by atoms with Crippen molar-refractivity contribution in [1.29, 1.82) is 0 Å². The Bertz CT molecular complexity index is 330. The lowest BCUT2D eigenvalue weighted by molar-refractivity contribution is -0.129. The number of likely N-dealkylation sites (N-methyl/N-ethyl adjacent to an activating group) is 1. The predicted molar refractivity (Wildman–Crippen MR) is 73.2 cm³/mol. The van der Waals surface area contributed by atoms with Crippen LogP contribution < -0.4 is 5.32 Å². The molecule has 0 aromatic heterocycles. The van der Waals surface area contributed by atoms with Crippen LogP contribution in [0.3, 0.4) is 0 Å². The second kappa shape index (κ2) is 5.85. The Morgan fingerprint density at radius 2 is 2.11 bits per heavy atom. The van der Waals surface area contributed by atoms with Crippen LogP contribution >= 0.6 is 0 Å². The topological polar surface area (TPSA) is 35.6 Å². The maximum absolute atomic E-state index is 12.2. The molecule has 4 heteroatoms. The molecule has 0 spiro atoms. The summed E-state index contributed by atoms with van der Waals surface area (Å²) in [5.74, 6) is 0.226. The quantitative estimate of drug-likeness (QED) is 0.818. The first-order chi connectivity index (χ1) is 8.56. The Morgan fingerprint density at radius 1 is 1.44 bits per heavy atom. The zero-order chi connectivity index (χ0) is 13.1. The third-order valence-electron chi connectivity index (χ3n) is 3.81. The van der Waals surface area contributed by atoms with Gasteiger partial charge in [-0.2, -0.15) is 0 Å². The normalized spacial score (nSPS) is 29.2. The molecule has 0 aromatic carbocycles. The highest BCUT2D eigenvalue weighted by Gasteiger charge is 2.24. The van der Waals surface area contributed by atoms with Gasteiger partial charge in [0, 0.05) is 37.9 Å². The number of carbonyl (C=O) groups excluding carboxylic acids is 1. The number of allylic oxidation sites excluding steroid dienone is 2. The van der Waals surface area contributed by atoms with Crippen molar-refractivity contribution < 1.29 is 4.79 Å². The fourth-order valence-electron chi connectivity index (χ4n) is 2.99. The first kappa shape index (κ1) is 13.6. The molecule has 1 saturated heterocycles. The molecular weight excluding hydrogens is 226 g/mol. The molecule has 1 amide bonds. The van der Waals surface area contributed by atoms with Crippen molar-refractivity contribution in [2.24, 2.45) is 0 Å². The molecule has 0 radical (unpaired) electrons. The summed E-state index contributed by atoms with van der Waals surface area (Å²) in [6, 6.07) is 0.940. The van der Waals surface area contributed by atoms with Crippen LogP contribution in [0.5, 0.6) is 0 Å². The summed E-state index contributed by atoms with van der Waals surface area (Å²) < 4.78 is 0. The van der Waals surface area contributed by atoms with E-state index in [-0.39, 0.29) is 5.91 Å². The van der Waals surface area contributed by atoms with E-state index in [0.717, 1.165) is 25.9 Å². The lowest BCUT2D eigenvalue weighted by Gasteiger charge is -2.36. The molecule has 102 valence electrons. The highest BCUT2D eigenvalue weighted by atomic mass is 16.2. The van der Waals surface area contributed by atoms with Crippen LogP contribution in [0.4, 0.5) is 0 Å².